The lowest BCUT2D eigenvalue weighted by Gasteiger charge is -2.13. The number of rotatable bonds is 3. The Balaban J connectivity index is 3.93. The van der Waals surface area contributed by atoms with Crippen LogP contribution in [-0.4, -0.2) is 26.1 Å². The summed E-state index contributed by atoms with van der Waals surface area (Å²) in [5.74, 6) is 0. The minimum atomic E-state index is -3.10. The maximum Gasteiger partial charge on any atom is 0.208 e. The second-order valence-electron chi connectivity index (χ2n) is 2.36. The molecule has 0 aliphatic rings. The molecule has 0 amide bonds. The molecule has 62 valence electrons. The first-order valence-corrected chi connectivity index (χ1v) is 5.27. The Morgan fingerprint density at radius 2 is 1.80 bits per heavy atom. The van der Waals surface area contributed by atoms with E-state index in [2.05, 4.69) is 4.72 Å². The van der Waals surface area contributed by atoms with Gasteiger partial charge in [0.15, 0.2) is 0 Å². The predicted octanol–water partition coefficient (Wildman–Crippen LogP) is 0.551. The van der Waals surface area contributed by atoms with Crippen LogP contribution in [0.1, 0.15) is 13.8 Å². The van der Waals surface area contributed by atoms with Crippen molar-refractivity contribution in [1.29, 1.82) is 0 Å². The van der Waals surface area contributed by atoms with Gasteiger partial charge in [-0.05, 0) is 13.8 Å². The van der Waals surface area contributed by atoms with Gasteiger partial charge in [-0.25, -0.2) is 13.1 Å². The highest BCUT2D eigenvalue weighted by molar-refractivity contribution is 7.88. The summed E-state index contributed by atoms with van der Waals surface area (Å²) in [7, 11) is -3.10. The molecule has 0 bridgehead atoms. The third-order valence-corrected chi connectivity index (χ3v) is 2.27. The van der Waals surface area contributed by atoms with Crippen LogP contribution in [0.2, 0.25) is 0 Å². The molecule has 0 aliphatic heterocycles. The summed E-state index contributed by atoms with van der Waals surface area (Å²) in [5.41, 5.74) is 0. The molecule has 0 spiro atoms. The highest BCUT2D eigenvalue weighted by Gasteiger charge is 2.12. The van der Waals surface area contributed by atoms with Crippen molar-refractivity contribution in [3.63, 3.8) is 0 Å². The molecule has 0 aromatic heterocycles. The largest absolute Gasteiger partial charge is 0.213 e. The molecule has 0 heterocycles. The summed E-state index contributed by atoms with van der Waals surface area (Å²) in [5, 5.41) is -0.185. The van der Waals surface area contributed by atoms with Crippen LogP contribution in [0.5, 0.6) is 0 Å². The summed E-state index contributed by atoms with van der Waals surface area (Å²) in [6.07, 6.45) is 1.11. The smallest absolute Gasteiger partial charge is 0.208 e. The normalized spacial score (nSPS) is 18.4. The van der Waals surface area contributed by atoms with Gasteiger partial charge in [0, 0.05) is 11.4 Å². The van der Waals surface area contributed by atoms with Gasteiger partial charge in [-0.3, -0.25) is 0 Å². The number of hydrogen-bond donors (Lipinski definition) is 1. The second-order valence-corrected chi connectivity index (χ2v) is 4.82. The molecule has 0 aromatic rings. The molecule has 5 heteroatoms. The SMILES string of the molecule is CC(NS(C)(=O)=O)[C@H](C)Cl. The maximum atomic E-state index is 10.6. The Morgan fingerprint density at radius 1 is 1.40 bits per heavy atom. The highest BCUT2D eigenvalue weighted by atomic mass is 35.5. The molecule has 0 radical (unpaired) electrons. The van der Waals surface area contributed by atoms with E-state index in [0.29, 0.717) is 0 Å². The van der Waals surface area contributed by atoms with Crippen molar-refractivity contribution in [3.8, 4) is 0 Å². The van der Waals surface area contributed by atoms with E-state index in [9.17, 15) is 8.42 Å². The van der Waals surface area contributed by atoms with E-state index in [1.807, 2.05) is 0 Å². The molecular formula is C5H12ClNO2S. The fraction of sp³-hybridized carbons (Fsp3) is 1.00. The average Bonchev–Trinajstić information content (AvgIpc) is 1.60. The fourth-order valence-electron chi connectivity index (χ4n) is 0.431. The quantitative estimate of drug-likeness (QED) is 0.653. The van der Waals surface area contributed by atoms with Gasteiger partial charge in [-0.15, -0.1) is 11.6 Å². The summed E-state index contributed by atoms with van der Waals surface area (Å²) < 4.78 is 23.5. The lowest BCUT2D eigenvalue weighted by atomic mass is 10.3. The summed E-state index contributed by atoms with van der Waals surface area (Å²) in [6.45, 7) is 3.46. The minimum Gasteiger partial charge on any atom is -0.213 e. The molecule has 10 heavy (non-hydrogen) atoms. The van der Waals surface area contributed by atoms with Gasteiger partial charge >= 0.3 is 0 Å². The molecule has 0 aliphatic carbocycles. The molecule has 2 atom stereocenters. The van der Waals surface area contributed by atoms with E-state index in [1.54, 1.807) is 13.8 Å². The zero-order valence-corrected chi connectivity index (χ0v) is 7.83. The van der Waals surface area contributed by atoms with Crippen LogP contribution in [-0.2, 0) is 10.0 Å². The van der Waals surface area contributed by atoms with Gasteiger partial charge in [0.2, 0.25) is 10.0 Å². The molecule has 0 aromatic carbocycles. The average molecular weight is 186 g/mol. The Labute approximate surface area is 66.8 Å². The molecule has 1 unspecified atom stereocenters. The van der Waals surface area contributed by atoms with Crippen molar-refractivity contribution in [1.82, 2.24) is 4.72 Å². The third-order valence-electron chi connectivity index (χ3n) is 1.09. The fourth-order valence-corrected chi connectivity index (χ4v) is 1.45. The number of alkyl halides is 1. The standard InChI is InChI=1S/C5H12ClNO2S/c1-4(6)5(2)7-10(3,8)9/h4-5,7H,1-3H3/t4-,5?/m0/s1. The molecule has 0 fully saturated rings. The Bertz CT molecular complexity index is 188. The van der Waals surface area contributed by atoms with Crippen LogP contribution in [0.3, 0.4) is 0 Å². The zero-order chi connectivity index (χ0) is 8.36. The van der Waals surface area contributed by atoms with E-state index in [4.69, 9.17) is 11.6 Å². The van der Waals surface area contributed by atoms with Crippen molar-refractivity contribution >= 4 is 21.6 Å². The second kappa shape index (κ2) is 3.55. The van der Waals surface area contributed by atoms with Crippen LogP contribution in [0, 0.1) is 0 Å². The van der Waals surface area contributed by atoms with E-state index in [0.717, 1.165) is 6.26 Å². The van der Waals surface area contributed by atoms with Crippen molar-refractivity contribution in [2.24, 2.45) is 0 Å². The van der Waals surface area contributed by atoms with Crippen LogP contribution in [0.25, 0.3) is 0 Å². The molecule has 0 rings (SSSR count). The summed E-state index contributed by atoms with van der Waals surface area (Å²) >= 11 is 5.61. The van der Waals surface area contributed by atoms with Crippen LogP contribution in [0.15, 0.2) is 0 Å². The predicted molar refractivity (Wildman–Crippen MR) is 42.8 cm³/mol. The molecule has 0 saturated carbocycles. The van der Waals surface area contributed by atoms with Crippen molar-refractivity contribution in [2.75, 3.05) is 6.26 Å². The lowest BCUT2D eigenvalue weighted by Crippen LogP contribution is -2.36. The van der Waals surface area contributed by atoms with Gasteiger partial charge in [-0.2, -0.15) is 0 Å². The monoisotopic (exact) mass is 185 g/mol. The number of sulfonamides is 1. The zero-order valence-electron chi connectivity index (χ0n) is 6.26. The molecule has 1 N–H and O–H groups in total. The van der Waals surface area contributed by atoms with Crippen molar-refractivity contribution in [3.05, 3.63) is 0 Å². The summed E-state index contributed by atoms with van der Waals surface area (Å²) in [6, 6.07) is -0.211. The van der Waals surface area contributed by atoms with Crippen LogP contribution >= 0.6 is 11.6 Å². The van der Waals surface area contributed by atoms with Gasteiger partial charge in [0.05, 0.1) is 6.26 Å². The third kappa shape index (κ3) is 5.02. The van der Waals surface area contributed by atoms with E-state index in [-0.39, 0.29) is 11.4 Å². The highest BCUT2D eigenvalue weighted by Crippen LogP contribution is 2.00. The van der Waals surface area contributed by atoms with E-state index < -0.39 is 10.0 Å². The Kier molecular flexibility index (Phi) is 3.62. The first-order chi connectivity index (χ1) is 4.33. The summed E-state index contributed by atoms with van der Waals surface area (Å²) in [4.78, 5) is 0. The van der Waals surface area contributed by atoms with Gasteiger partial charge in [0.1, 0.15) is 0 Å². The van der Waals surface area contributed by atoms with Crippen LogP contribution in [0.4, 0.5) is 0 Å². The number of nitrogens with one attached hydrogen (secondary N) is 1. The number of hydrogen-bond acceptors (Lipinski definition) is 2. The first-order valence-electron chi connectivity index (χ1n) is 2.94. The Hall–Kier alpha value is 0.200. The first kappa shape index (κ1) is 10.2. The van der Waals surface area contributed by atoms with Gasteiger partial charge < -0.3 is 0 Å². The van der Waals surface area contributed by atoms with Crippen LogP contribution < -0.4 is 4.72 Å². The van der Waals surface area contributed by atoms with E-state index >= 15 is 0 Å². The van der Waals surface area contributed by atoms with Crippen molar-refractivity contribution in [2.45, 2.75) is 25.3 Å². The lowest BCUT2D eigenvalue weighted by molar-refractivity contribution is 0.563. The van der Waals surface area contributed by atoms with E-state index in [1.165, 1.54) is 0 Å². The van der Waals surface area contributed by atoms with Gasteiger partial charge in [0.25, 0.3) is 0 Å². The number of halogens is 1. The topological polar surface area (TPSA) is 46.2 Å². The molecule has 3 nitrogen and oxygen atoms in total. The van der Waals surface area contributed by atoms with Crippen molar-refractivity contribution < 1.29 is 8.42 Å². The Morgan fingerprint density at radius 3 is 1.90 bits per heavy atom. The van der Waals surface area contributed by atoms with Gasteiger partial charge in [-0.1, -0.05) is 0 Å². The maximum absolute atomic E-state index is 10.6. The molecule has 0 saturated heterocycles. The molecular weight excluding hydrogens is 174 g/mol. The minimum absolute atomic E-state index is 0.185.